The monoisotopic (exact) mass is 474 g/mol. The molecule has 0 radical (unpaired) electrons. The molecule has 4 amide bonds. The molecule has 4 rings (SSSR count). The second-order valence-corrected chi connectivity index (χ2v) is 7.45. The van der Waals surface area contributed by atoms with Gasteiger partial charge in [-0.1, -0.05) is 30.3 Å². The van der Waals surface area contributed by atoms with Crippen LogP contribution in [0.25, 0.3) is 6.08 Å². The molecule has 1 aliphatic heterocycles. The number of para-hydroxylation sites is 1. The minimum atomic E-state index is -0.918. The van der Waals surface area contributed by atoms with Gasteiger partial charge in [0.1, 0.15) is 23.7 Å². The molecule has 9 heteroatoms. The van der Waals surface area contributed by atoms with Crippen molar-refractivity contribution in [1.29, 1.82) is 0 Å². The van der Waals surface area contributed by atoms with Crippen LogP contribution in [-0.4, -0.2) is 30.9 Å². The molecular formula is C26H19FN2O6. The van der Waals surface area contributed by atoms with Gasteiger partial charge in [-0.05, 0) is 54.1 Å². The smallest absolute Gasteiger partial charge is 0.337 e. The topological polar surface area (TPSA) is 102 Å². The summed E-state index contributed by atoms with van der Waals surface area (Å²) in [6, 6.07) is 17.3. The molecule has 1 fully saturated rings. The first kappa shape index (κ1) is 23.4. The molecular weight excluding hydrogens is 455 g/mol. The van der Waals surface area contributed by atoms with E-state index in [2.05, 4.69) is 10.1 Å². The van der Waals surface area contributed by atoms with Crippen LogP contribution in [0.5, 0.6) is 5.75 Å². The van der Waals surface area contributed by atoms with Crippen molar-refractivity contribution in [2.24, 2.45) is 0 Å². The molecule has 1 N–H and O–H groups in total. The third kappa shape index (κ3) is 5.09. The van der Waals surface area contributed by atoms with Gasteiger partial charge in [-0.3, -0.25) is 14.9 Å². The highest BCUT2D eigenvalue weighted by Crippen LogP contribution is 2.26. The fourth-order valence-electron chi connectivity index (χ4n) is 3.43. The van der Waals surface area contributed by atoms with E-state index in [4.69, 9.17) is 4.74 Å². The van der Waals surface area contributed by atoms with Crippen LogP contribution in [0.3, 0.4) is 0 Å². The first-order chi connectivity index (χ1) is 16.9. The first-order valence-corrected chi connectivity index (χ1v) is 10.4. The van der Waals surface area contributed by atoms with Gasteiger partial charge in [0.05, 0.1) is 18.4 Å². The summed E-state index contributed by atoms with van der Waals surface area (Å²) in [5, 5.41) is 2.15. The van der Waals surface area contributed by atoms with Crippen molar-refractivity contribution in [3.8, 4) is 5.75 Å². The van der Waals surface area contributed by atoms with Gasteiger partial charge in [0.25, 0.3) is 11.8 Å². The number of hydrogen-bond acceptors (Lipinski definition) is 6. The van der Waals surface area contributed by atoms with E-state index in [1.165, 1.54) is 49.6 Å². The Morgan fingerprint density at radius 1 is 1.00 bits per heavy atom. The number of anilines is 1. The van der Waals surface area contributed by atoms with E-state index >= 15 is 0 Å². The number of barbiturate groups is 1. The lowest BCUT2D eigenvalue weighted by molar-refractivity contribution is -0.122. The Hall–Kier alpha value is -4.79. The van der Waals surface area contributed by atoms with E-state index in [0.29, 0.717) is 16.9 Å². The van der Waals surface area contributed by atoms with Gasteiger partial charge in [-0.25, -0.2) is 18.9 Å². The molecule has 0 spiro atoms. The third-order valence-corrected chi connectivity index (χ3v) is 5.15. The number of benzene rings is 3. The molecule has 8 nitrogen and oxygen atoms in total. The number of esters is 1. The number of ether oxygens (including phenoxy) is 2. The Kier molecular flexibility index (Phi) is 6.68. The van der Waals surface area contributed by atoms with Crippen LogP contribution in [0.15, 0.2) is 78.4 Å². The van der Waals surface area contributed by atoms with E-state index in [1.54, 1.807) is 36.4 Å². The maximum atomic E-state index is 13.5. The Morgan fingerprint density at radius 2 is 1.74 bits per heavy atom. The Morgan fingerprint density at radius 3 is 2.46 bits per heavy atom. The fraction of sp³-hybridized carbons (Fsp3) is 0.0769. The Bertz CT molecular complexity index is 1350. The summed E-state index contributed by atoms with van der Waals surface area (Å²) in [5.41, 5.74) is 1.12. The molecule has 3 aromatic carbocycles. The molecule has 1 heterocycles. The predicted octanol–water partition coefficient (Wildman–Crippen LogP) is 3.86. The number of methoxy groups -OCH3 is 1. The van der Waals surface area contributed by atoms with E-state index in [-0.39, 0.29) is 23.4 Å². The lowest BCUT2D eigenvalue weighted by Gasteiger charge is -2.26. The molecule has 3 aromatic rings. The number of halogens is 1. The van der Waals surface area contributed by atoms with Gasteiger partial charge in [-0.15, -0.1) is 0 Å². The van der Waals surface area contributed by atoms with E-state index < -0.39 is 29.6 Å². The summed E-state index contributed by atoms with van der Waals surface area (Å²) in [7, 11) is 1.24. The predicted molar refractivity (Wildman–Crippen MR) is 124 cm³/mol. The maximum Gasteiger partial charge on any atom is 0.337 e. The van der Waals surface area contributed by atoms with Crippen LogP contribution >= 0.6 is 0 Å². The molecule has 35 heavy (non-hydrogen) atoms. The van der Waals surface area contributed by atoms with Crippen LogP contribution < -0.4 is 15.0 Å². The van der Waals surface area contributed by atoms with Crippen LogP contribution in [-0.2, 0) is 20.9 Å². The lowest BCUT2D eigenvalue weighted by Crippen LogP contribution is -2.54. The van der Waals surface area contributed by atoms with Gasteiger partial charge in [0, 0.05) is 5.56 Å². The number of rotatable bonds is 6. The van der Waals surface area contributed by atoms with E-state index in [0.717, 1.165) is 4.90 Å². The second-order valence-electron chi connectivity index (χ2n) is 7.45. The van der Waals surface area contributed by atoms with Crippen molar-refractivity contribution in [2.45, 2.75) is 6.61 Å². The number of carbonyl (C=O) groups excluding carboxylic acids is 4. The zero-order chi connectivity index (χ0) is 24.9. The van der Waals surface area contributed by atoms with Crippen LogP contribution in [0.4, 0.5) is 14.9 Å². The van der Waals surface area contributed by atoms with Crippen molar-refractivity contribution in [1.82, 2.24) is 5.32 Å². The number of hydrogen-bond donors (Lipinski definition) is 1. The zero-order valence-corrected chi connectivity index (χ0v) is 18.5. The number of imide groups is 2. The summed E-state index contributed by atoms with van der Waals surface area (Å²) in [6.07, 6.45) is 1.32. The highest BCUT2D eigenvalue weighted by Gasteiger charge is 2.37. The van der Waals surface area contributed by atoms with E-state index in [1.807, 2.05) is 0 Å². The first-order valence-electron chi connectivity index (χ1n) is 10.4. The van der Waals surface area contributed by atoms with Gasteiger partial charge in [0.2, 0.25) is 0 Å². The van der Waals surface area contributed by atoms with Crippen LogP contribution in [0.1, 0.15) is 21.5 Å². The zero-order valence-electron chi connectivity index (χ0n) is 18.5. The molecule has 0 bridgehead atoms. The minimum Gasteiger partial charge on any atom is -0.488 e. The number of urea groups is 1. The SMILES string of the molecule is COC(=O)c1ccc(N2C(=O)NC(=O)C(=Cc3ccccc3OCc3cccc(F)c3)C2=O)cc1. The standard InChI is InChI=1S/C26H19FN2O6/c1-34-25(32)17-9-11-20(12-10-17)29-24(31)21(23(30)28-26(29)33)14-18-6-2-3-8-22(18)35-15-16-5-4-7-19(27)13-16/h2-14H,15H2,1H3,(H,28,30,33). The highest BCUT2D eigenvalue weighted by atomic mass is 19.1. The van der Waals surface area contributed by atoms with Gasteiger partial charge in [-0.2, -0.15) is 0 Å². The average Bonchev–Trinajstić information content (AvgIpc) is 2.85. The highest BCUT2D eigenvalue weighted by molar-refractivity contribution is 6.39. The van der Waals surface area contributed by atoms with Gasteiger partial charge < -0.3 is 9.47 Å². The summed E-state index contributed by atoms with van der Waals surface area (Å²) in [4.78, 5) is 50.6. The third-order valence-electron chi connectivity index (χ3n) is 5.15. The molecule has 1 aliphatic rings. The molecule has 0 aliphatic carbocycles. The summed E-state index contributed by atoms with van der Waals surface area (Å²) in [6.45, 7) is 0.0647. The fourth-order valence-corrected chi connectivity index (χ4v) is 3.43. The molecule has 0 unspecified atom stereocenters. The molecule has 1 saturated heterocycles. The summed E-state index contributed by atoms with van der Waals surface area (Å²) < 4.78 is 23.9. The normalized spacial score (nSPS) is 14.6. The van der Waals surface area contributed by atoms with Crippen LogP contribution in [0.2, 0.25) is 0 Å². The minimum absolute atomic E-state index is 0.0647. The van der Waals surface area contributed by atoms with Crippen molar-refractivity contribution in [3.63, 3.8) is 0 Å². The molecule has 0 aromatic heterocycles. The Labute approximate surface area is 199 Å². The number of nitrogens with zero attached hydrogens (tertiary/aromatic N) is 1. The molecule has 0 saturated carbocycles. The quantitative estimate of drug-likeness (QED) is 0.331. The number of carbonyl (C=O) groups is 4. The summed E-state index contributed by atoms with van der Waals surface area (Å²) in [5.74, 6) is -2.31. The number of amides is 4. The van der Waals surface area contributed by atoms with Crippen molar-refractivity contribution in [2.75, 3.05) is 12.0 Å². The van der Waals surface area contributed by atoms with Crippen molar-refractivity contribution in [3.05, 3.63) is 101 Å². The van der Waals surface area contributed by atoms with Crippen molar-refractivity contribution < 1.29 is 33.0 Å². The second kappa shape index (κ2) is 10.0. The summed E-state index contributed by atoms with van der Waals surface area (Å²) >= 11 is 0. The van der Waals surface area contributed by atoms with Gasteiger partial charge in [0.15, 0.2) is 0 Å². The maximum absolute atomic E-state index is 13.5. The average molecular weight is 474 g/mol. The Balaban J connectivity index is 1.62. The lowest BCUT2D eigenvalue weighted by atomic mass is 10.1. The number of nitrogens with one attached hydrogen (secondary N) is 1. The molecule has 176 valence electrons. The van der Waals surface area contributed by atoms with Crippen LogP contribution in [0, 0.1) is 5.82 Å². The largest absolute Gasteiger partial charge is 0.488 e. The van der Waals surface area contributed by atoms with Gasteiger partial charge >= 0.3 is 12.0 Å². The van der Waals surface area contributed by atoms with Crippen molar-refractivity contribution >= 4 is 35.6 Å². The molecule has 0 atom stereocenters. The van der Waals surface area contributed by atoms with E-state index in [9.17, 15) is 23.6 Å².